The summed E-state index contributed by atoms with van der Waals surface area (Å²) in [7, 11) is 0. The van der Waals surface area contributed by atoms with Crippen molar-refractivity contribution in [3.05, 3.63) is 49.1 Å². The van der Waals surface area contributed by atoms with Gasteiger partial charge in [0.2, 0.25) is 11.9 Å². The molecule has 4 heterocycles. The van der Waals surface area contributed by atoms with Crippen molar-refractivity contribution in [2.24, 2.45) is 5.92 Å². The second-order valence-corrected chi connectivity index (χ2v) is 8.65. The lowest BCUT2D eigenvalue weighted by molar-refractivity contribution is -0.125. The van der Waals surface area contributed by atoms with E-state index in [9.17, 15) is 4.79 Å². The Morgan fingerprint density at radius 3 is 2.56 bits per heavy atom. The molecule has 1 aliphatic rings. The summed E-state index contributed by atoms with van der Waals surface area (Å²) in [6.45, 7) is 8.37. The third kappa shape index (κ3) is 5.09. The molecular formula is C23H30N8O. The van der Waals surface area contributed by atoms with Crippen LogP contribution in [0.15, 0.2) is 43.4 Å². The van der Waals surface area contributed by atoms with Gasteiger partial charge in [-0.3, -0.25) is 14.5 Å². The normalized spacial score (nSPS) is 15.7. The predicted octanol–water partition coefficient (Wildman–Crippen LogP) is 2.67. The van der Waals surface area contributed by atoms with Gasteiger partial charge in [-0.15, -0.1) is 0 Å². The van der Waals surface area contributed by atoms with Crippen molar-refractivity contribution >= 4 is 11.9 Å². The first kappa shape index (κ1) is 21.9. The number of hydrogen-bond donors (Lipinski definition) is 1. The van der Waals surface area contributed by atoms with Crippen LogP contribution in [0.1, 0.15) is 45.2 Å². The number of amides is 1. The Morgan fingerprint density at radius 1 is 1.16 bits per heavy atom. The molecule has 32 heavy (non-hydrogen) atoms. The highest BCUT2D eigenvalue weighted by atomic mass is 16.2. The van der Waals surface area contributed by atoms with E-state index in [2.05, 4.69) is 44.1 Å². The lowest BCUT2D eigenvalue weighted by Crippen LogP contribution is -2.47. The summed E-state index contributed by atoms with van der Waals surface area (Å²) in [5.74, 6) is 0.936. The second-order valence-electron chi connectivity index (χ2n) is 8.65. The van der Waals surface area contributed by atoms with E-state index >= 15 is 0 Å². The maximum Gasteiger partial charge on any atom is 0.225 e. The first-order valence-electron chi connectivity index (χ1n) is 11.2. The zero-order chi connectivity index (χ0) is 22.5. The Kier molecular flexibility index (Phi) is 6.72. The standard InChI is InChI=1S/C23H30N8O/c1-16(2)21-20(18-4-8-24-9-5-18)12-26-23(29-21)30-10-6-19(7-11-30)28-22(32)17(3)13-31-15-25-14-27-31/h4-5,8-9,12,14-17,19H,6-7,10-11,13H2,1-3H3,(H,28,32). The Balaban J connectivity index is 1.36. The minimum absolute atomic E-state index is 0.0546. The van der Waals surface area contributed by atoms with Gasteiger partial charge in [0.15, 0.2) is 0 Å². The fourth-order valence-corrected chi connectivity index (χ4v) is 3.99. The molecule has 0 spiro atoms. The molecular weight excluding hydrogens is 404 g/mol. The van der Waals surface area contributed by atoms with Crippen LogP contribution >= 0.6 is 0 Å². The van der Waals surface area contributed by atoms with E-state index in [1.807, 2.05) is 25.3 Å². The van der Waals surface area contributed by atoms with Crippen LogP contribution in [0.5, 0.6) is 0 Å². The van der Waals surface area contributed by atoms with E-state index < -0.39 is 0 Å². The highest BCUT2D eigenvalue weighted by Gasteiger charge is 2.25. The average molecular weight is 435 g/mol. The van der Waals surface area contributed by atoms with E-state index in [1.54, 1.807) is 23.4 Å². The molecule has 9 nitrogen and oxygen atoms in total. The molecule has 0 radical (unpaired) electrons. The monoisotopic (exact) mass is 434 g/mol. The van der Waals surface area contributed by atoms with Crippen molar-refractivity contribution in [1.29, 1.82) is 0 Å². The Hall–Kier alpha value is -3.36. The summed E-state index contributed by atoms with van der Waals surface area (Å²) in [6, 6.07) is 4.14. The minimum Gasteiger partial charge on any atom is -0.353 e. The molecule has 3 aromatic heterocycles. The molecule has 1 amide bonds. The number of nitrogens with zero attached hydrogens (tertiary/aromatic N) is 7. The lowest BCUT2D eigenvalue weighted by Gasteiger charge is -2.33. The number of pyridine rings is 1. The largest absolute Gasteiger partial charge is 0.353 e. The van der Waals surface area contributed by atoms with E-state index in [0.717, 1.165) is 48.7 Å². The van der Waals surface area contributed by atoms with E-state index in [-0.39, 0.29) is 23.8 Å². The van der Waals surface area contributed by atoms with Gasteiger partial charge in [0.05, 0.1) is 18.2 Å². The zero-order valence-electron chi connectivity index (χ0n) is 18.8. The third-order valence-corrected chi connectivity index (χ3v) is 5.84. The summed E-state index contributed by atoms with van der Waals surface area (Å²) < 4.78 is 1.69. The highest BCUT2D eigenvalue weighted by molar-refractivity contribution is 5.78. The van der Waals surface area contributed by atoms with E-state index in [0.29, 0.717) is 6.54 Å². The molecule has 3 aromatic rings. The molecule has 168 valence electrons. The average Bonchev–Trinajstić information content (AvgIpc) is 3.33. The quantitative estimate of drug-likeness (QED) is 0.610. The summed E-state index contributed by atoms with van der Waals surface area (Å²) in [6.07, 6.45) is 10.4. The second kappa shape index (κ2) is 9.84. The Labute approximate surface area is 188 Å². The van der Waals surface area contributed by atoms with Crippen LogP contribution in [0, 0.1) is 5.92 Å². The Bertz CT molecular complexity index is 1010. The van der Waals surface area contributed by atoms with E-state index in [1.165, 1.54) is 6.33 Å². The number of nitrogens with one attached hydrogen (secondary N) is 1. The van der Waals surface area contributed by atoms with Crippen molar-refractivity contribution in [3.63, 3.8) is 0 Å². The number of hydrogen-bond acceptors (Lipinski definition) is 7. The molecule has 0 aromatic carbocycles. The summed E-state index contributed by atoms with van der Waals surface area (Å²) in [5.41, 5.74) is 3.17. The fraction of sp³-hybridized carbons (Fsp3) is 0.478. The summed E-state index contributed by atoms with van der Waals surface area (Å²) in [5, 5.41) is 7.27. The van der Waals surface area contributed by atoms with Gasteiger partial charge in [0, 0.05) is 43.3 Å². The topological polar surface area (TPSA) is 102 Å². The van der Waals surface area contributed by atoms with Crippen LogP contribution in [-0.4, -0.2) is 54.8 Å². The highest BCUT2D eigenvalue weighted by Crippen LogP contribution is 2.29. The van der Waals surface area contributed by atoms with Crippen LogP contribution in [0.4, 0.5) is 5.95 Å². The molecule has 9 heteroatoms. The fourth-order valence-electron chi connectivity index (χ4n) is 3.99. The first-order chi connectivity index (χ1) is 15.5. The molecule has 1 N–H and O–H groups in total. The van der Waals surface area contributed by atoms with Crippen LogP contribution in [0.25, 0.3) is 11.1 Å². The van der Waals surface area contributed by atoms with Crippen molar-refractivity contribution in [3.8, 4) is 11.1 Å². The van der Waals surface area contributed by atoms with Gasteiger partial charge in [-0.2, -0.15) is 5.10 Å². The van der Waals surface area contributed by atoms with Gasteiger partial charge in [0.25, 0.3) is 0 Å². The lowest BCUT2D eigenvalue weighted by atomic mass is 10.00. The van der Waals surface area contributed by atoms with Crippen LogP contribution < -0.4 is 10.2 Å². The molecule has 1 atom stereocenters. The van der Waals surface area contributed by atoms with Crippen LogP contribution in [0.3, 0.4) is 0 Å². The van der Waals surface area contributed by atoms with E-state index in [4.69, 9.17) is 4.98 Å². The number of rotatable bonds is 7. The van der Waals surface area contributed by atoms with Gasteiger partial charge < -0.3 is 10.2 Å². The van der Waals surface area contributed by atoms with Gasteiger partial charge in [0.1, 0.15) is 12.7 Å². The van der Waals surface area contributed by atoms with Gasteiger partial charge in [-0.25, -0.2) is 15.0 Å². The Morgan fingerprint density at radius 2 is 1.91 bits per heavy atom. The molecule has 0 aliphatic carbocycles. The van der Waals surface area contributed by atoms with Crippen molar-refractivity contribution < 1.29 is 4.79 Å². The molecule has 0 bridgehead atoms. The molecule has 4 rings (SSSR count). The molecule has 1 aliphatic heterocycles. The molecule has 1 unspecified atom stereocenters. The summed E-state index contributed by atoms with van der Waals surface area (Å²) in [4.78, 5) is 32.4. The minimum atomic E-state index is -0.160. The van der Waals surface area contributed by atoms with Gasteiger partial charge in [-0.05, 0) is 36.5 Å². The smallest absolute Gasteiger partial charge is 0.225 e. The molecule has 1 fully saturated rings. The van der Waals surface area contributed by atoms with Crippen LogP contribution in [0.2, 0.25) is 0 Å². The number of aromatic nitrogens is 6. The number of carbonyl (C=O) groups is 1. The maximum absolute atomic E-state index is 12.6. The molecule has 0 saturated carbocycles. The SMILES string of the molecule is CC(Cn1cncn1)C(=O)NC1CCN(c2ncc(-c3ccncc3)c(C(C)C)n2)CC1. The van der Waals surface area contributed by atoms with Gasteiger partial charge in [-0.1, -0.05) is 20.8 Å². The first-order valence-corrected chi connectivity index (χ1v) is 11.2. The summed E-state index contributed by atoms with van der Waals surface area (Å²) >= 11 is 0. The maximum atomic E-state index is 12.6. The predicted molar refractivity (Wildman–Crippen MR) is 122 cm³/mol. The van der Waals surface area contributed by atoms with Crippen LogP contribution in [-0.2, 0) is 11.3 Å². The number of carbonyl (C=O) groups excluding carboxylic acids is 1. The van der Waals surface area contributed by atoms with Crippen molar-refractivity contribution in [2.75, 3.05) is 18.0 Å². The zero-order valence-corrected chi connectivity index (χ0v) is 18.8. The number of anilines is 1. The number of piperidine rings is 1. The van der Waals surface area contributed by atoms with Gasteiger partial charge >= 0.3 is 0 Å². The third-order valence-electron chi connectivity index (χ3n) is 5.84. The van der Waals surface area contributed by atoms with Crippen molar-refractivity contribution in [2.45, 2.75) is 52.1 Å². The van der Waals surface area contributed by atoms with Crippen molar-refractivity contribution in [1.82, 2.24) is 35.0 Å². The molecule has 1 saturated heterocycles.